The molecule has 26 heavy (non-hydrogen) atoms. The Morgan fingerprint density at radius 1 is 1.23 bits per heavy atom. The summed E-state index contributed by atoms with van der Waals surface area (Å²) in [6, 6.07) is 13.1. The number of halogens is 1. The fourth-order valence-corrected chi connectivity index (χ4v) is 2.83. The van der Waals surface area contributed by atoms with Gasteiger partial charge in [0.05, 0.1) is 17.9 Å². The highest BCUT2D eigenvalue weighted by molar-refractivity contribution is 7.99. The van der Waals surface area contributed by atoms with E-state index in [0.717, 1.165) is 11.3 Å². The molecule has 1 aromatic heterocycles. The van der Waals surface area contributed by atoms with Crippen molar-refractivity contribution < 1.29 is 13.9 Å². The van der Waals surface area contributed by atoms with Crippen LogP contribution in [0.4, 0.5) is 10.1 Å². The zero-order chi connectivity index (χ0) is 18.4. The van der Waals surface area contributed by atoms with E-state index in [2.05, 4.69) is 20.5 Å². The number of hydrogen-bond acceptors (Lipinski definition) is 5. The second-order valence-corrected chi connectivity index (χ2v) is 6.18. The number of nitrogens with one attached hydrogen (secondary N) is 2. The van der Waals surface area contributed by atoms with E-state index in [1.54, 1.807) is 0 Å². The molecule has 8 heteroatoms. The molecule has 6 nitrogen and oxygen atoms in total. The molecule has 2 N–H and O–H groups in total. The molecule has 0 unspecified atom stereocenters. The van der Waals surface area contributed by atoms with Crippen LogP contribution in [0, 0.1) is 5.82 Å². The maximum absolute atomic E-state index is 12.9. The van der Waals surface area contributed by atoms with Crippen molar-refractivity contribution >= 4 is 23.4 Å². The van der Waals surface area contributed by atoms with Gasteiger partial charge in [0.2, 0.25) is 11.1 Å². The fraction of sp³-hybridized carbons (Fsp3) is 0.167. The van der Waals surface area contributed by atoms with Crippen molar-refractivity contribution in [2.75, 3.05) is 17.7 Å². The van der Waals surface area contributed by atoms with Gasteiger partial charge in [-0.1, -0.05) is 23.9 Å². The number of nitrogens with zero attached hydrogens (tertiary/aromatic N) is 2. The lowest BCUT2D eigenvalue weighted by molar-refractivity contribution is -0.113. The van der Waals surface area contributed by atoms with Crippen molar-refractivity contribution in [3.05, 3.63) is 54.3 Å². The Labute approximate surface area is 154 Å². The number of rotatable bonds is 7. The lowest BCUT2D eigenvalue weighted by atomic mass is 10.2. The standard InChI is InChI=1S/C18H17FN4O2S/c1-2-25-15-6-4-3-5-14(15)17-21-18(23-22-17)26-11-16(24)20-13-9-7-12(19)8-10-13/h3-10H,2,11H2,1H3,(H,20,24)(H,21,22,23). The van der Waals surface area contributed by atoms with Crippen LogP contribution >= 0.6 is 11.8 Å². The van der Waals surface area contributed by atoms with Crippen molar-refractivity contribution in [1.82, 2.24) is 15.2 Å². The van der Waals surface area contributed by atoms with Gasteiger partial charge in [-0.3, -0.25) is 9.89 Å². The SMILES string of the molecule is CCOc1ccccc1-c1nc(SCC(=O)Nc2ccc(F)cc2)n[nH]1. The Bertz CT molecular complexity index is 883. The molecule has 0 bridgehead atoms. The minimum Gasteiger partial charge on any atom is -0.493 e. The molecule has 1 heterocycles. The van der Waals surface area contributed by atoms with Gasteiger partial charge in [-0.05, 0) is 43.3 Å². The van der Waals surface area contributed by atoms with Crippen LogP contribution in [0.3, 0.4) is 0 Å². The average molecular weight is 372 g/mol. The van der Waals surface area contributed by atoms with Gasteiger partial charge in [-0.25, -0.2) is 9.37 Å². The predicted molar refractivity (Wildman–Crippen MR) is 98.7 cm³/mol. The predicted octanol–water partition coefficient (Wildman–Crippen LogP) is 3.74. The van der Waals surface area contributed by atoms with Gasteiger partial charge in [0.25, 0.3) is 0 Å². The summed E-state index contributed by atoms with van der Waals surface area (Å²) in [4.78, 5) is 16.4. The first-order valence-electron chi connectivity index (χ1n) is 7.98. The summed E-state index contributed by atoms with van der Waals surface area (Å²) in [7, 11) is 0. The largest absolute Gasteiger partial charge is 0.493 e. The zero-order valence-electron chi connectivity index (χ0n) is 14.0. The molecule has 134 valence electrons. The molecule has 0 spiro atoms. The molecule has 0 atom stereocenters. The Kier molecular flexibility index (Phi) is 5.85. The van der Waals surface area contributed by atoms with E-state index in [0.29, 0.717) is 23.3 Å². The minimum atomic E-state index is -0.349. The summed E-state index contributed by atoms with van der Waals surface area (Å²) in [6.07, 6.45) is 0. The highest BCUT2D eigenvalue weighted by Crippen LogP contribution is 2.28. The summed E-state index contributed by atoms with van der Waals surface area (Å²) in [6.45, 7) is 2.47. The van der Waals surface area contributed by atoms with E-state index in [-0.39, 0.29) is 17.5 Å². The molecule has 3 rings (SSSR count). The molecule has 0 fully saturated rings. The van der Waals surface area contributed by atoms with Crippen molar-refractivity contribution in [1.29, 1.82) is 0 Å². The molecule has 0 radical (unpaired) electrons. The van der Waals surface area contributed by atoms with E-state index in [9.17, 15) is 9.18 Å². The minimum absolute atomic E-state index is 0.141. The molecule has 0 aliphatic rings. The number of benzene rings is 2. The third-order valence-electron chi connectivity index (χ3n) is 3.37. The number of carbonyl (C=O) groups is 1. The number of aromatic amines is 1. The molecule has 0 saturated carbocycles. The van der Waals surface area contributed by atoms with Crippen LogP contribution in [0.1, 0.15) is 6.92 Å². The first-order valence-corrected chi connectivity index (χ1v) is 8.97. The number of carbonyl (C=O) groups excluding carboxylic acids is 1. The number of anilines is 1. The maximum atomic E-state index is 12.9. The molecule has 0 aliphatic heterocycles. The van der Waals surface area contributed by atoms with Gasteiger partial charge in [-0.2, -0.15) is 0 Å². The maximum Gasteiger partial charge on any atom is 0.234 e. The second-order valence-electron chi connectivity index (χ2n) is 5.24. The van der Waals surface area contributed by atoms with E-state index >= 15 is 0 Å². The Morgan fingerprint density at radius 2 is 2.00 bits per heavy atom. The first-order chi connectivity index (χ1) is 12.7. The number of thioether (sulfide) groups is 1. The lowest BCUT2D eigenvalue weighted by Crippen LogP contribution is -2.14. The average Bonchev–Trinajstić information content (AvgIpc) is 3.12. The van der Waals surface area contributed by atoms with Gasteiger partial charge in [0.15, 0.2) is 5.82 Å². The number of ether oxygens (including phenoxy) is 1. The Morgan fingerprint density at radius 3 is 2.77 bits per heavy atom. The third-order valence-corrected chi connectivity index (χ3v) is 4.21. The number of aromatic nitrogens is 3. The van der Waals surface area contributed by atoms with Crippen LogP contribution in [-0.4, -0.2) is 33.4 Å². The normalized spacial score (nSPS) is 10.5. The summed E-state index contributed by atoms with van der Waals surface area (Å²) in [5.41, 5.74) is 1.35. The number of amides is 1. The fourth-order valence-electron chi connectivity index (χ4n) is 2.24. The van der Waals surface area contributed by atoms with Crippen LogP contribution in [-0.2, 0) is 4.79 Å². The quantitative estimate of drug-likeness (QED) is 0.618. The summed E-state index contributed by atoms with van der Waals surface area (Å²) in [5, 5.41) is 10.1. The monoisotopic (exact) mass is 372 g/mol. The molecule has 0 aliphatic carbocycles. The first kappa shape index (κ1) is 17.9. The highest BCUT2D eigenvalue weighted by Gasteiger charge is 2.12. The zero-order valence-corrected chi connectivity index (χ0v) is 14.8. The summed E-state index contributed by atoms with van der Waals surface area (Å²) in [5.74, 6) is 0.870. The molecule has 0 saturated heterocycles. The number of H-pyrrole nitrogens is 1. The van der Waals surface area contributed by atoms with E-state index < -0.39 is 0 Å². The molecular formula is C18H17FN4O2S. The van der Waals surface area contributed by atoms with Gasteiger partial charge < -0.3 is 10.1 Å². The van der Waals surface area contributed by atoms with Crippen LogP contribution < -0.4 is 10.1 Å². The van der Waals surface area contributed by atoms with Crippen molar-refractivity contribution in [2.45, 2.75) is 12.1 Å². The van der Waals surface area contributed by atoms with Crippen LogP contribution in [0.15, 0.2) is 53.7 Å². The smallest absolute Gasteiger partial charge is 0.234 e. The van der Waals surface area contributed by atoms with Crippen LogP contribution in [0.25, 0.3) is 11.4 Å². The number of para-hydroxylation sites is 1. The molecular weight excluding hydrogens is 355 g/mol. The van der Waals surface area contributed by atoms with Crippen molar-refractivity contribution in [2.24, 2.45) is 0 Å². The van der Waals surface area contributed by atoms with Crippen LogP contribution in [0.2, 0.25) is 0 Å². The highest BCUT2D eigenvalue weighted by atomic mass is 32.2. The molecule has 2 aromatic carbocycles. The third kappa shape index (κ3) is 4.60. The van der Waals surface area contributed by atoms with Gasteiger partial charge in [-0.15, -0.1) is 5.10 Å². The van der Waals surface area contributed by atoms with E-state index in [4.69, 9.17) is 4.74 Å². The summed E-state index contributed by atoms with van der Waals surface area (Å²) < 4.78 is 18.5. The van der Waals surface area contributed by atoms with Gasteiger partial charge in [0, 0.05) is 5.69 Å². The van der Waals surface area contributed by atoms with Crippen LogP contribution in [0.5, 0.6) is 5.75 Å². The Hall–Kier alpha value is -2.87. The topological polar surface area (TPSA) is 79.9 Å². The Balaban J connectivity index is 1.60. The van der Waals surface area contributed by atoms with Crippen molar-refractivity contribution in [3.63, 3.8) is 0 Å². The van der Waals surface area contributed by atoms with Gasteiger partial charge >= 0.3 is 0 Å². The van der Waals surface area contributed by atoms with E-state index in [1.165, 1.54) is 36.0 Å². The van der Waals surface area contributed by atoms with Gasteiger partial charge in [0.1, 0.15) is 11.6 Å². The number of hydrogen-bond donors (Lipinski definition) is 2. The molecule has 1 amide bonds. The lowest BCUT2D eigenvalue weighted by Gasteiger charge is -2.06. The summed E-state index contributed by atoms with van der Waals surface area (Å²) >= 11 is 1.21. The second kappa shape index (κ2) is 8.48. The van der Waals surface area contributed by atoms with E-state index in [1.807, 2.05) is 31.2 Å². The van der Waals surface area contributed by atoms with Crippen molar-refractivity contribution in [3.8, 4) is 17.1 Å². The molecule has 3 aromatic rings.